The third kappa shape index (κ3) is 5.61. The Bertz CT molecular complexity index is 1780. The molecule has 0 unspecified atom stereocenters. The van der Waals surface area contributed by atoms with E-state index in [4.69, 9.17) is 15.0 Å². The number of aromatic nitrogens is 3. The van der Waals surface area contributed by atoms with Crippen LogP contribution in [-0.2, 0) is 0 Å². The van der Waals surface area contributed by atoms with Crippen molar-refractivity contribution in [1.29, 1.82) is 0 Å². The van der Waals surface area contributed by atoms with Crippen LogP contribution in [0.1, 0.15) is 0 Å². The molecule has 0 fully saturated rings. The Morgan fingerprint density at radius 1 is 0.475 bits per heavy atom. The largest absolute Gasteiger partial charge is 0.228 e. The fourth-order valence-electron chi connectivity index (χ4n) is 4.88. The van der Waals surface area contributed by atoms with Gasteiger partial charge in [-0.2, -0.15) is 0 Å². The van der Waals surface area contributed by atoms with Gasteiger partial charge in [0.05, 0.1) is 19.5 Å². The molecule has 0 bridgehead atoms. The predicted octanol–water partition coefficient (Wildman–Crippen LogP) is 10.8. The smallest absolute Gasteiger partial charge is 0.162 e. The first kappa shape index (κ1) is 27.9. The van der Waals surface area contributed by atoms with Crippen molar-refractivity contribution >= 4 is 99.0 Å². The maximum atomic E-state index is 5.05. The average molecular weight is 797 g/mol. The molecule has 0 aliphatic rings. The Hall–Kier alpha value is -2.23. The summed E-state index contributed by atoms with van der Waals surface area (Å²) < 4.78 is 3.94. The highest BCUT2D eigenvalue weighted by Gasteiger charge is 2.19. The van der Waals surface area contributed by atoms with Crippen LogP contribution in [0.2, 0.25) is 19.6 Å². The van der Waals surface area contributed by atoms with Crippen molar-refractivity contribution in [2.24, 2.45) is 0 Å². The van der Waals surface area contributed by atoms with E-state index >= 15 is 0 Å². The van der Waals surface area contributed by atoms with Crippen molar-refractivity contribution in [3.63, 3.8) is 0 Å². The molecule has 0 aliphatic carbocycles. The van der Waals surface area contributed by atoms with Crippen molar-refractivity contribution in [3.05, 3.63) is 103 Å². The molecule has 3 heterocycles. The van der Waals surface area contributed by atoms with Gasteiger partial charge in [0.25, 0.3) is 0 Å². The molecule has 6 rings (SSSR count). The van der Waals surface area contributed by atoms with Crippen molar-refractivity contribution in [3.8, 4) is 33.6 Å². The van der Waals surface area contributed by atoms with Gasteiger partial charge in [-0.25, -0.2) is 15.0 Å². The summed E-state index contributed by atoms with van der Waals surface area (Å²) in [4.78, 5) is 15.1. The lowest BCUT2D eigenvalue weighted by Gasteiger charge is -2.18. The number of hydrogen-bond acceptors (Lipinski definition) is 3. The van der Waals surface area contributed by atoms with Gasteiger partial charge in [-0.1, -0.05) is 113 Å². The minimum absolute atomic E-state index is 0.672. The molecule has 0 saturated heterocycles. The van der Waals surface area contributed by atoms with E-state index in [1.165, 1.54) is 5.19 Å². The second kappa shape index (κ2) is 10.9. The third-order valence-corrected chi connectivity index (χ3v) is 10.8. The van der Waals surface area contributed by atoms with Gasteiger partial charge in [-0.15, -0.1) is 0 Å². The molecule has 8 heteroatoms. The van der Waals surface area contributed by atoms with Crippen molar-refractivity contribution < 1.29 is 0 Å². The molecule has 0 radical (unpaired) electrons. The molecule has 0 aliphatic heterocycles. The molecule has 0 spiro atoms. The molecule has 6 aromatic rings. The molecular weight excluding hydrogens is 774 g/mol. The van der Waals surface area contributed by atoms with E-state index in [0.29, 0.717) is 11.3 Å². The van der Waals surface area contributed by atoms with Crippen LogP contribution in [0.25, 0.3) is 55.7 Å². The third-order valence-electron chi connectivity index (χ3n) is 6.86. The van der Waals surface area contributed by atoms with Gasteiger partial charge in [0.15, 0.2) is 11.3 Å². The van der Waals surface area contributed by atoms with Crippen LogP contribution in [0.15, 0.2) is 103 Å². The summed E-state index contributed by atoms with van der Waals surface area (Å²) in [5.74, 6) is 0. The van der Waals surface area contributed by atoms with Gasteiger partial charge in [0.1, 0.15) is 0 Å². The zero-order valence-electron chi connectivity index (χ0n) is 21.9. The van der Waals surface area contributed by atoms with Crippen LogP contribution in [0, 0.1) is 0 Å². The van der Waals surface area contributed by atoms with Gasteiger partial charge in [0.2, 0.25) is 0 Å². The van der Waals surface area contributed by atoms with Crippen molar-refractivity contribution in [2.45, 2.75) is 19.6 Å². The van der Waals surface area contributed by atoms with Crippen LogP contribution in [0.4, 0.5) is 0 Å². The quantitative estimate of drug-likeness (QED) is 0.132. The topological polar surface area (TPSA) is 38.7 Å². The molecule has 3 aromatic carbocycles. The molecule has 3 nitrogen and oxygen atoms in total. The minimum atomic E-state index is -1.43. The van der Waals surface area contributed by atoms with Crippen LogP contribution in [0.5, 0.6) is 0 Å². The van der Waals surface area contributed by atoms with Crippen molar-refractivity contribution in [2.75, 3.05) is 0 Å². The normalized spacial score (nSPS) is 11.9. The summed E-state index contributed by atoms with van der Waals surface area (Å²) in [6.07, 6.45) is 0. The zero-order chi connectivity index (χ0) is 28.2. The Balaban J connectivity index is 1.61. The Morgan fingerprint density at radius 3 is 1.30 bits per heavy atom. The fourth-order valence-corrected chi connectivity index (χ4v) is 8.63. The van der Waals surface area contributed by atoms with Crippen LogP contribution in [-0.4, -0.2) is 23.0 Å². The standard InChI is InChI=1S/C32H23Br4N3Si/c1-40(2,3)25-6-4-18(5-7-25)30-26-8-10-28(19-12-21(33)16-22(34)13-19)37-31(26)39-32-27(30)9-11-29(38-32)20-14-23(35)17-24(36)15-20/h4-17H,1-3H3. The molecule has 198 valence electrons. The van der Waals surface area contributed by atoms with E-state index < -0.39 is 8.07 Å². The lowest BCUT2D eigenvalue weighted by Crippen LogP contribution is -2.37. The van der Waals surface area contributed by atoms with Gasteiger partial charge in [0, 0.05) is 45.4 Å². The molecule has 0 amide bonds. The first-order chi connectivity index (χ1) is 19.0. The van der Waals surface area contributed by atoms with E-state index in [2.05, 4.69) is 156 Å². The molecule has 0 N–H and O–H groups in total. The van der Waals surface area contributed by atoms with Gasteiger partial charge >= 0.3 is 0 Å². The van der Waals surface area contributed by atoms with Crippen molar-refractivity contribution in [1.82, 2.24) is 15.0 Å². The molecule has 40 heavy (non-hydrogen) atoms. The number of hydrogen-bond donors (Lipinski definition) is 0. The van der Waals surface area contributed by atoms with Gasteiger partial charge in [-0.05, 0) is 66.2 Å². The monoisotopic (exact) mass is 793 g/mol. The molecular formula is C32H23Br4N3Si. The number of nitrogens with zero attached hydrogens (tertiary/aromatic N) is 3. The minimum Gasteiger partial charge on any atom is -0.228 e. The first-order valence-corrected chi connectivity index (χ1v) is 19.4. The van der Waals surface area contributed by atoms with Crippen LogP contribution in [0.3, 0.4) is 0 Å². The highest BCUT2D eigenvalue weighted by molar-refractivity contribution is 9.11. The van der Waals surface area contributed by atoms with Gasteiger partial charge < -0.3 is 0 Å². The van der Waals surface area contributed by atoms with Gasteiger partial charge in [-0.3, -0.25) is 0 Å². The Kier molecular flexibility index (Phi) is 7.59. The van der Waals surface area contributed by atoms with E-state index in [-0.39, 0.29) is 0 Å². The predicted molar refractivity (Wildman–Crippen MR) is 185 cm³/mol. The molecule has 3 aromatic heterocycles. The molecule has 0 atom stereocenters. The average Bonchev–Trinajstić information content (AvgIpc) is 2.89. The maximum absolute atomic E-state index is 5.05. The molecule has 0 saturated carbocycles. The number of fused-ring (bicyclic) bond motifs is 2. The first-order valence-electron chi connectivity index (χ1n) is 12.7. The lowest BCUT2D eigenvalue weighted by atomic mass is 9.97. The lowest BCUT2D eigenvalue weighted by molar-refractivity contribution is 1.27. The Labute approximate surface area is 268 Å². The zero-order valence-corrected chi connectivity index (χ0v) is 29.3. The highest BCUT2D eigenvalue weighted by atomic mass is 79.9. The maximum Gasteiger partial charge on any atom is 0.162 e. The number of halogens is 4. The fraction of sp³-hybridized carbons (Fsp3) is 0.0938. The number of benzene rings is 3. The second-order valence-electron chi connectivity index (χ2n) is 10.8. The summed E-state index contributed by atoms with van der Waals surface area (Å²) in [6, 6.07) is 29.8. The number of pyridine rings is 3. The van der Waals surface area contributed by atoms with E-state index in [1.807, 2.05) is 12.1 Å². The van der Waals surface area contributed by atoms with Crippen LogP contribution >= 0.6 is 63.7 Å². The SMILES string of the molecule is C[Si](C)(C)c1ccc(-c2c3ccc(-c4cc(Br)cc(Br)c4)nc3nc3nc(-c4cc(Br)cc(Br)c4)ccc23)cc1. The summed E-state index contributed by atoms with van der Waals surface area (Å²) in [7, 11) is -1.43. The van der Waals surface area contributed by atoms with E-state index in [9.17, 15) is 0 Å². The van der Waals surface area contributed by atoms with E-state index in [0.717, 1.165) is 62.3 Å². The van der Waals surface area contributed by atoms with E-state index in [1.54, 1.807) is 0 Å². The summed E-state index contributed by atoms with van der Waals surface area (Å²) >= 11 is 14.4. The van der Waals surface area contributed by atoms with Crippen LogP contribution < -0.4 is 5.19 Å². The highest BCUT2D eigenvalue weighted by Crippen LogP contribution is 2.37. The Morgan fingerprint density at radius 2 is 0.900 bits per heavy atom. The second-order valence-corrected chi connectivity index (χ2v) is 19.5. The summed E-state index contributed by atoms with van der Waals surface area (Å²) in [5.41, 5.74) is 7.31. The number of rotatable bonds is 4. The summed E-state index contributed by atoms with van der Waals surface area (Å²) in [5, 5.41) is 3.44. The summed E-state index contributed by atoms with van der Waals surface area (Å²) in [6.45, 7) is 7.12.